The van der Waals surface area contributed by atoms with E-state index in [1.807, 2.05) is 17.0 Å². The number of likely N-dealkylation sites (tertiary alicyclic amines) is 1. The molecule has 2 aromatic rings. The van der Waals surface area contributed by atoms with Gasteiger partial charge in [0.05, 0.1) is 0 Å². The molecule has 1 aliphatic heterocycles. The van der Waals surface area contributed by atoms with E-state index in [-0.39, 0.29) is 17.7 Å². The number of fused-ring (bicyclic) bond motifs is 1. The van der Waals surface area contributed by atoms with E-state index in [2.05, 4.69) is 6.07 Å². The number of nitrogens with zero attached hydrogens (tertiary/aromatic N) is 3. The van der Waals surface area contributed by atoms with Crippen LogP contribution in [0, 0.1) is 0 Å². The smallest absolute Gasteiger partial charge is 0.289 e. The zero-order valence-electron chi connectivity index (χ0n) is 16.3. The van der Waals surface area contributed by atoms with Crippen molar-refractivity contribution >= 4 is 22.8 Å². The fourth-order valence-electron chi connectivity index (χ4n) is 3.47. The lowest BCUT2D eigenvalue weighted by Crippen LogP contribution is -2.34. The van der Waals surface area contributed by atoms with Crippen LogP contribution in [0.15, 0.2) is 41.1 Å². The predicted octanol–water partition coefficient (Wildman–Crippen LogP) is 1.45. The van der Waals surface area contributed by atoms with Gasteiger partial charge in [-0.05, 0) is 30.2 Å². The summed E-state index contributed by atoms with van der Waals surface area (Å²) in [6.07, 6.45) is 4.15. The third-order valence-corrected chi connectivity index (χ3v) is 5.03. The van der Waals surface area contributed by atoms with Crippen LogP contribution in [0.3, 0.4) is 0 Å². The Kier molecular flexibility index (Phi) is 5.89. The molecule has 2 amide bonds. The van der Waals surface area contributed by atoms with Crippen LogP contribution < -0.4 is 11.6 Å². The summed E-state index contributed by atoms with van der Waals surface area (Å²) in [5.41, 5.74) is 7.13. The minimum Gasteiger partial charge on any atom is -0.451 e. The van der Waals surface area contributed by atoms with Crippen molar-refractivity contribution in [1.29, 1.82) is 0 Å². The number of carbonyl (C=O) groups excluding carboxylic acids is 2. The van der Waals surface area contributed by atoms with Gasteiger partial charge in [0.25, 0.3) is 5.91 Å². The molecule has 1 aromatic carbocycles. The Labute approximate surface area is 164 Å². The maximum absolute atomic E-state index is 12.4. The molecule has 0 bridgehead atoms. The van der Waals surface area contributed by atoms with Crippen molar-refractivity contribution in [3.63, 3.8) is 0 Å². The Bertz CT molecular complexity index is 889. The molecule has 8 heteroatoms. The molecular formula is C20H27N5O3. The van der Waals surface area contributed by atoms with Gasteiger partial charge in [-0.1, -0.05) is 6.07 Å². The number of benzene rings is 1. The third-order valence-electron chi connectivity index (χ3n) is 5.03. The Balaban J connectivity index is 1.65. The average Bonchev–Trinajstić information content (AvgIpc) is 3.32. The summed E-state index contributed by atoms with van der Waals surface area (Å²) >= 11 is 0. The van der Waals surface area contributed by atoms with Crippen molar-refractivity contribution in [3.05, 3.63) is 48.0 Å². The van der Waals surface area contributed by atoms with Gasteiger partial charge in [-0.2, -0.15) is 0 Å². The summed E-state index contributed by atoms with van der Waals surface area (Å²) in [6, 6.07) is 7.74. The van der Waals surface area contributed by atoms with Crippen LogP contribution in [0.2, 0.25) is 0 Å². The van der Waals surface area contributed by atoms with Gasteiger partial charge in [-0.15, -0.1) is 0 Å². The summed E-state index contributed by atoms with van der Waals surface area (Å²) in [6.45, 7) is 1.84. The summed E-state index contributed by atoms with van der Waals surface area (Å²) in [5, 5.41) is 2.31. The molecule has 8 nitrogen and oxygen atoms in total. The lowest BCUT2D eigenvalue weighted by molar-refractivity contribution is -0.130. The van der Waals surface area contributed by atoms with Gasteiger partial charge in [0.1, 0.15) is 5.58 Å². The summed E-state index contributed by atoms with van der Waals surface area (Å²) in [5.74, 6) is 6.24. The van der Waals surface area contributed by atoms with E-state index in [9.17, 15) is 9.59 Å². The van der Waals surface area contributed by atoms with Gasteiger partial charge in [-0.3, -0.25) is 9.59 Å². The quantitative estimate of drug-likeness (QED) is 0.575. The first-order chi connectivity index (χ1) is 13.4. The summed E-state index contributed by atoms with van der Waals surface area (Å²) in [4.78, 5) is 27.9. The highest BCUT2D eigenvalue weighted by molar-refractivity contribution is 5.96. The Morgan fingerprint density at radius 3 is 2.82 bits per heavy atom. The maximum atomic E-state index is 12.4. The molecule has 4 N–H and O–H groups in total. The molecule has 1 aromatic heterocycles. The maximum Gasteiger partial charge on any atom is 0.289 e. The molecule has 2 heterocycles. The molecule has 150 valence electrons. The van der Waals surface area contributed by atoms with Crippen LogP contribution in [0.1, 0.15) is 34.9 Å². The molecule has 0 saturated carbocycles. The SMILES string of the molecule is CN(C)C(=O)c1cc2cc(C3CCN(C(=O)CCN(N)/C=C\N)C3)ccc2o1. The van der Waals surface area contributed by atoms with Crippen molar-refractivity contribution in [2.45, 2.75) is 18.8 Å². The average molecular weight is 385 g/mol. The largest absolute Gasteiger partial charge is 0.451 e. The minimum absolute atomic E-state index is 0.0895. The molecule has 0 radical (unpaired) electrons. The first kappa shape index (κ1) is 19.8. The van der Waals surface area contributed by atoms with E-state index < -0.39 is 0 Å². The normalized spacial score (nSPS) is 16.8. The Morgan fingerprint density at radius 2 is 2.11 bits per heavy atom. The molecule has 28 heavy (non-hydrogen) atoms. The zero-order valence-corrected chi connectivity index (χ0v) is 16.3. The van der Waals surface area contributed by atoms with E-state index in [0.29, 0.717) is 30.9 Å². The molecule has 1 unspecified atom stereocenters. The van der Waals surface area contributed by atoms with Crippen LogP contribution in [-0.2, 0) is 4.79 Å². The van der Waals surface area contributed by atoms with Gasteiger partial charge >= 0.3 is 0 Å². The van der Waals surface area contributed by atoms with Crippen molar-refractivity contribution in [3.8, 4) is 0 Å². The summed E-state index contributed by atoms with van der Waals surface area (Å²) in [7, 11) is 3.39. The van der Waals surface area contributed by atoms with Crippen molar-refractivity contribution in [1.82, 2.24) is 14.8 Å². The number of nitrogens with two attached hydrogens (primary N) is 2. The minimum atomic E-state index is -0.159. The van der Waals surface area contributed by atoms with Crippen LogP contribution in [-0.4, -0.2) is 60.4 Å². The number of furan rings is 1. The Morgan fingerprint density at radius 1 is 1.32 bits per heavy atom. The number of carbonyl (C=O) groups is 2. The molecule has 0 spiro atoms. The zero-order chi connectivity index (χ0) is 20.3. The monoisotopic (exact) mass is 385 g/mol. The first-order valence-corrected chi connectivity index (χ1v) is 9.31. The van der Waals surface area contributed by atoms with E-state index in [0.717, 1.165) is 23.9 Å². The number of hydrogen-bond donors (Lipinski definition) is 2. The first-order valence-electron chi connectivity index (χ1n) is 9.31. The Hall–Kier alpha value is -3.00. The molecule has 1 fully saturated rings. The third kappa shape index (κ3) is 4.28. The number of hydrogen-bond acceptors (Lipinski definition) is 6. The summed E-state index contributed by atoms with van der Waals surface area (Å²) < 4.78 is 5.66. The topological polar surface area (TPSA) is 109 Å². The van der Waals surface area contributed by atoms with Gasteiger partial charge < -0.3 is 25.0 Å². The van der Waals surface area contributed by atoms with E-state index >= 15 is 0 Å². The van der Waals surface area contributed by atoms with E-state index in [1.54, 1.807) is 20.2 Å². The van der Waals surface area contributed by atoms with Crippen molar-refractivity contribution < 1.29 is 14.0 Å². The molecular weight excluding hydrogens is 358 g/mol. The second-order valence-electron chi connectivity index (χ2n) is 7.26. The standard InChI is InChI=1S/C20H27N5O3/c1-23(2)20(27)18-12-16-11-14(3-4-17(16)28-18)15-5-8-24(13-15)19(26)6-9-25(22)10-7-21/h3-4,7,10-12,15H,5-6,8-9,13,21-22H2,1-2H3/b10-7-. The highest BCUT2D eigenvalue weighted by Gasteiger charge is 2.27. The number of amides is 2. The van der Waals surface area contributed by atoms with E-state index in [4.69, 9.17) is 16.0 Å². The molecule has 0 aliphatic carbocycles. The van der Waals surface area contributed by atoms with Crippen LogP contribution in [0.4, 0.5) is 0 Å². The molecule has 1 atom stereocenters. The van der Waals surface area contributed by atoms with Crippen molar-refractivity contribution in [2.24, 2.45) is 11.6 Å². The number of rotatable bonds is 6. The van der Waals surface area contributed by atoms with Crippen LogP contribution in [0.25, 0.3) is 11.0 Å². The van der Waals surface area contributed by atoms with Gasteiger partial charge in [0, 0.05) is 63.9 Å². The second kappa shape index (κ2) is 8.35. The highest BCUT2D eigenvalue weighted by Crippen LogP contribution is 2.31. The van der Waals surface area contributed by atoms with Gasteiger partial charge in [0.2, 0.25) is 5.91 Å². The second-order valence-corrected chi connectivity index (χ2v) is 7.26. The van der Waals surface area contributed by atoms with E-state index in [1.165, 1.54) is 22.3 Å². The van der Waals surface area contributed by atoms with Gasteiger partial charge in [0.15, 0.2) is 5.76 Å². The highest BCUT2D eigenvalue weighted by atomic mass is 16.3. The molecule has 3 rings (SSSR count). The lowest BCUT2D eigenvalue weighted by atomic mass is 9.97. The molecule has 1 aliphatic rings. The molecule has 1 saturated heterocycles. The van der Waals surface area contributed by atoms with Crippen LogP contribution in [0.5, 0.6) is 0 Å². The van der Waals surface area contributed by atoms with Crippen LogP contribution >= 0.6 is 0 Å². The number of hydrazine groups is 1. The fraction of sp³-hybridized carbons (Fsp3) is 0.400. The predicted molar refractivity (Wildman–Crippen MR) is 107 cm³/mol. The van der Waals surface area contributed by atoms with Gasteiger partial charge in [-0.25, -0.2) is 5.84 Å². The fourth-order valence-corrected chi connectivity index (χ4v) is 3.47. The van der Waals surface area contributed by atoms with Crippen molar-refractivity contribution in [2.75, 3.05) is 33.7 Å². The lowest BCUT2D eigenvalue weighted by Gasteiger charge is -2.19.